The maximum absolute atomic E-state index is 11.6. The smallest absolute Gasteiger partial charge is 0.309 e. The van der Waals surface area contributed by atoms with Gasteiger partial charge in [-0.2, -0.15) is 0 Å². The second-order valence-corrected chi connectivity index (χ2v) is 4.58. The van der Waals surface area contributed by atoms with Gasteiger partial charge in [0.25, 0.3) is 0 Å². The van der Waals surface area contributed by atoms with E-state index in [2.05, 4.69) is 0 Å². The summed E-state index contributed by atoms with van der Waals surface area (Å²) in [5.41, 5.74) is 0. The minimum absolute atomic E-state index is 0.363. The average molecular weight is 192 g/mol. The second kappa shape index (κ2) is 6.41. The molecule has 3 nitrogen and oxygen atoms in total. The van der Waals surface area contributed by atoms with Gasteiger partial charge in [-0.3, -0.25) is 4.57 Å². The molecule has 0 aliphatic heterocycles. The number of allylic oxidation sites excluding steroid dienone is 1. The highest BCUT2D eigenvalue weighted by Crippen LogP contribution is 2.47. The maximum atomic E-state index is 11.6. The predicted molar refractivity (Wildman–Crippen MR) is 50.5 cm³/mol. The van der Waals surface area contributed by atoms with E-state index in [4.69, 9.17) is 9.05 Å². The molecule has 0 aromatic carbocycles. The largest absolute Gasteiger partial charge is 0.330 e. The molecule has 0 fully saturated rings. The Balaban J connectivity index is 3.88. The predicted octanol–water partition coefficient (Wildman–Crippen LogP) is 2.83. The molecule has 0 radical (unpaired) electrons. The molecule has 72 valence electrons. The van der Waals surface area contributed by atoms with Crippen molar-refractivity contribution >= 4 is 7.60 Å². The van der Waals surface area contributed by atoms with Crippen molar-refractivity contribution in [1.29, 1.82) is 0 Å². The first-order chi connectivity index (χ1) is 5.68. The van der Waals surface area contributed by atoms with E-state index in [-0.39, 0.29) is 0 Å². The fourth-order valence-electron chi connectivity index (χ4n) is 0.669. The van der Waals surface area contributed by atoms with Gasteiger partial charge in [-0.25, -0.2) is 0 Å². The molecule has 0 saturated heterocycles. The van der Waals surface area contributed by atoms with Crippen LogP contribution in [0, 0.1) is 0 Å². The Kier molecular flexibility index (Phi) is 6.35. The summed E-state index contributed by atoms with van der Waals surface area (Å²) in [6.45, 7) is 6.29. The number of hydrogen-bond donors (Lipinski definition) is 0. The molecular weight excluding hydrogens is 175 g/mol. The molecule has 1 unspecified atom stereocenters. The van der Waals surface area contributed by atoms with Crippen LogP contribution in [0.1, 0.15) is 20.8 Å². The molecule has 12 heavy (non-hydrogen) atoms. The third-order valence-corrected chi connectivity index (χ3v) is 3.28. The van der Waals surface area contributed by atoms with E-state index in [9.17, 15) is 4.57 Å². The van der Waals surface area contributed by atoms with Crippen molar-refractivity contribution in [3.63, 3.8) is 0 Å². The first-order valence-corrected chi connectivity index (χ1v) is 5.90. The summed E-state index contributed by atoms with van der Waals surface area (Å²) >= 11 is 0. The SMILES string of the molecule is CC=CCOP(=O)(CC)OCC. The van der Waals surface area contributed by atoms with Gasteiger partial charge in [-0.15, -0.1) is 0 Å². The van der Waals surface area contributed by atoms with Crippen molar-refractivity contribution in [3.8, 4) is 0 Å². The Labute approximate surface area is 74.3 Å². The lowest BCUT2D eigenvalue weighted by atomic mass is 10.6. The molecule has 0 N–H and O–H groups in total. The normalized spacial score (nSPS) is 16.6. The van der Waals surface area contributed by atoms with Crippen molar-refractivity contribution in [1.82, 2.24) is 0 Å². The first-order valence-electron chi connectivity index (χ1n) is 4.17. The Morgan fingerprint density at radius 1 is 1.33 bits per heavy atom. The fourth-order valence-corrected chi connectivity index (χ4v) is 1.82. The van der Waals surface area contributed by atoms with E-state index in [0.29, 0.717) is 19.4 Å². The van der Waals surface area contributed by atoms with Gasteiger partial charge in [0.1, 0.15) is 0 Å². The van der Waals surface area contributed by atoms with E-state index in [0.717, 1.165) is 0 Å². The molecule has 0 bridgehead atoms. The summed E-state index contributed by atoms with van der Waals surface area (Å²) in [4.78, 5) is 0. The van der Waals surface area contributed by atoms with Crippen LogP contribution in [0.25, 0.3) is 0 Å². The van der Waals surface area contributed by atoms with Crippen LogP contribution in [0.4, 0.5) is 0 Å². The van der Waals surface area contributed by atoms with Crippen molar-refractivity contribution in [2.75, 3.05) is 19.4 Å². The molecule has 0 spiro atoms. The van der Waals surface area contributed by atoms with Gasteiger partial charge in [-0.1, -0.05) is 19.1 Å². The van der Waals surface area contributed by atoms with Crippen LogP contribution in [-0.2, 0) is 13.6 Å². The molecule has 0 aromatic heterocycles. The summed E-state index contributed by atoms with van der Waals surface area (Å²) in [6.07, 6.45) is 4.09. The van der Waals surface area contributed by atoms with E-state index in [1.54, 1.807) is 19.9 Å². The third-order valence-electron chi connectivity index (χ3n) is 1.32. The van der Waals surface area contributed by atoms with Gasteiger partial charge in [0.05, 0.1) is 13.2 Å². The molecule has 0 aliphatic rings. The van der Waals surface area contributed by atoms with Gasteiger partial charge in [0, 0.05) is 6.16 Å². The number of hydrogen-bond acceptors (Lipinski definition) is 3. The highest BCUT2D eigenvalue weighted by Gasteiger charge is 2.19. The fraction of sp³-hybridized carbons (Fsp3) is 0.750. The topological polar surface area (TPSA) is 35.5 Å². The van der Waals surface area contributed by atoms with E-state index in [1.807, 2.05) is 13.0 Å². The highest BCUT2D eigenvalue weighted by atomic mass is 31.2. The Hall–Kier alpha value is -0.110. The second-order valence-electron chi connectivity index (χ2n) is 2.21. The molecule has 0 saturated carbocycles. The molecule has 4 heteroatoms. The zero-order chi connectivity index (χ0) is 9.45. The van der Waals surface area contributed by atoms with Crippen LogP contribution in [0.2, 0.25) is 0 Å². The lowest BCUT2D eigenvalue weighted by Crippen LogP contribution is -1.97. The van der Waals surface area contributed by atoms with E-state index in [1.165, 1.54) is 0 Å². The number of rotatable bonds is 6. The van der Waals surface area contributed by atoms with Crippen molar-refractivity contribution < 1.29 is 13.6 Å². The van der Waals surface area contributed by atoms with Gasteiger partial charge >= 0.3 is 7.60 Å². The van der Waals surface area contributed by atoms with Gasteiger partial charge in [-0.05, 0) is 13.8 Å². The monoisotopic (exact) mass is 192 g/mol. The van der Waals surface area contributed by atoms with Gasteiger partial charge in [0.2, 0.25) is 0 Å². The molecule has 0 aromatic rings. The van der Waals surface area contributed by atoms with Crippen LogP contribution in [0.3, 0.4) is 0 Å². The summed E-state index contributed by atoms with van der Waals surface area (Å²) in [5, 5.41) is 0. The standard InChI is InChI=1S/C8H17O3P/c1-4-7-8-11-12(9,6-3)10-5-2/h4,7H,5-6,8H2,1-3H3. The molecule has 0 heterocycles. The first kappa shape index (κ1) is 11.9. The van der Waals surface area contributed by atoms with Crippen LogP contribution < -0.4 is 0 Å². The third kappa shape index (κ3) is 4.70. The molecule has 0 rings (SSSR count). The van der Waals surface area contributed by atoms with Gasteiger partial charge in [0.15, 0.2) is 0 Å². The maximum Gasteiger partial charge on any atom is 0.330 e. The Morgan fingerprint density at radius 3 is 2.42 bits per heavy atom. The van der Waals surface area contributed by atoms with E-state index < -0.39 is 7.60 Å². The molecular formula is C8H17O3P. The Morgan fingerprint density at radius 2 is 2.00 bits per heavy atom. The Bertz CT molecular complexity index is 177. The zero-order valence-electron chi connectivity index (χ0n) is 7.95. The lowest BCUT2D eigenvalue weighted by Gasteiger charge is -2.14. The van der Waals surface area contributed by atoms with Crippen LogP contribution in [0.15, 0.2) is 12.2 Å². The summed E-state index contributed by atoms with van der Waals surface area (Å²) in [6, 6.07) is 0. The lowest BCUT2D eigenvalue weighted by molar-refractivity contribution is 0.229. The van der Waals surface area contributed by atoms with E-state index >= 15 is 0 Å². The van der Waals surface area contributed by atoms with Crippen LogP contribution >= 0.6 is 7.60 Å². The van der Waals surface area contributed by atoms with Crippen LogP contribution in [0.5, 0.6) is 0 Å². The van der Waals surface area contributed by atoms with Crippen LogP contribution in [-0.4, -0.2) is 19.4 Å². The minimum Gasteiger partial charge on any atom is -0.309 e. The van der Waals surface area contributed by atoms with Crippen molar-refractivity contribution in [2.24, 2.45) is 0 Å². The average Bonchev–Trinajstić information content (AvgIpc) is 2.06. The summed E-state index contributed by atoms with van der Waals surface area (Å²) < 4.78 is 21.7. The molecule has 0 aliphatic carbocycles. The quantitative estimate of drug-likeness (QED) is 0.479. The summed E-state index contributed by atoms with van der Waals surface area (Å²) in [7, 11) is -2.78. The molecule has 0 amide bonds. The van der Waals surface area contributed by atoms with Gasteiger partial charge < -0.3 is 9.05 Å². The minimum atomic E-state index is -2.78. The summed E-state index contributed by atoms with van der Waals surface area (Å²) in [5.74, 6) is 0. The zero-order valence-corrected chi connectivity index (χ0v) is 8.84. The molecule has 1 atom stereocenters. The highest BCUT2D eigenvalue weighted by molar-refractivity contribution is 7.53. The van der Waals surface area contributed by atoms with Crippen molar-refractivity contribution in [3.05, 3.63) is 12.2 Å². The van der Waals surface area contributed by atoms with Crippen molar-refractivity contribution in [2.45, 2.75) is 20.8 Å².